The van der Waals surface area contributed by atoms with Crippen molar-refractivity contribution in [1.82, 2.24) is 9.88 Å². The summed E-state index contributed by atoms with van der Waals surface area (Å²) in [6.07, 6.45) is -1.12. The SMILES string of the molecule is CCOC(=O)OC(C)OC(=O)c1cn2c3c(c(N4CCNCC4)c(F)cc3c1=O)OC[C@@H]2CN=[N+]=[N-]. The van der Waals surface area contributed by atoms with Crippen molar-refractivity contribution in [3.05, 3.63) is 44.3 Å². The van der Waals surface area contributed by atoms with Crippen LogP contribution < -0.4 is 20.4 Å². The van der Waals surface area contributed by atoms with E-state index in [0.717, 1.165) is 6.07 Å². The normalized spacial score (nSPS) is 17.5. The summed E-state index contributed by atoms with van der Waals surface area (Å²) in [5, 5.41) is 6.71. The molecule has 0 bridgehead atoms. The molecule has 2 aliphatic heterocycles. The van der Waals surface area contributed by atoms with Gasteiger partial charge in [-0.3, -0.25) is 4.79 Å². The first-order valence-electron chi connectivity index (χ1n) is 11.4. The summed E-state index contributed by atoms with van der Waals surface area (Å²) in [5.41, 5.74) is 8.13. The smallest absolute Gasteiger partial charge is 0.487 e. The zero-order valence-electron chi connectivity index (χ0n) is 19.7. The van der Waals surface area contributed by atoms with Gasteiger partial charge in [0.25, 0.3) is 0 Å². The minimum absolute atomic E-state index is 0.0173. The van der Waals surface area contributed by atoms with E-state index in [-0.39, 0.29) is 42.1 Å². The van der Waals surface area contributed by atoms with Crippen molar-refractivity contribution in [3.8, 4) is 5.75 Å². The number of halogens is 1. The fraction of sp³-hybridized carbons (Fsp3) is 0.500. The second-order valence-corrected chi connectivity index (χ2v) is 8.10. The zero-order chi connectivity index (χ0) is 25.8. The van der Waals surface area contributed by atoms with Crippen LogP contribution in [-0.2, 0) is 14.2 Å². The minimum Gasteiger partial charge on any atom is -0.487 e. The number of nitrogens with zero attached hydrogens (tertiary/aromatic N) is 5. The molecule has 13 nitrogen and oxygen atoms in total. The second kappa shape index (κ2) is 10.7. The highest BCUT2D eigenvalue weighted by molar-refractivity contribution is 5.98. The Bertz CT molecular complexity index is 1290. The van der Waals surface area contributed by atoms with Crippen LogP contribution in [0.15, 0.2) is 22.2 Å². The lowest BCUT2D eigenvalue weighted by Crippen LogP contribution is -2.44. The minimum atomic E-state index is -1.35. The van der Waals surface area contributed by atoms with Crippen LogP contribution in [0.4, 0.5) is 14.9 Å². The summed E-state index contributed by atoms with van der Waals surface area (Å²) in [6.45, 7) is 5.29. The van der Waals surface area contributed by atoms with E-state index in [1.807, 2.05) is 4.90 Å². The number of aromatic nitrogens is 1. The Morgan fingerprint density at radius 2 is 2.11 bits per heavy atom. The van der Waals surface area contributed by atoms with Gasteiger partial charge in [0.05, 0.1) is 23.6 Å². The van der Waals surface area contributed by atoms with Crippen LogP contribution in [0.25, 0.3) is 21.3 Å². The van der Waals surface area contributed by atoms with Crippen molar-refractivity contribution in [1.29, 1.82) is 0 Å². The molecule has 2 aliphatic rings. The maximum atomic E-state index is 15.4. The lowest BCUT2D eigenvalue weighted by molar-refractivity contribution is -0.0812. The number of pyridine rings is 1. The number of esters is 1. The lowest BCUT2D eigenvalue weighted by atomic mass is 10.0. The Balaban J connectivity index is 1.81. The van der Waals surface area contributed by atoms with E-state index in [4.69, 9.17) is 19.7 Å². The molecule has 192 valence electrons. The molecule has 1 aromatic heterocycles. The number of anilines is 1. The topological polar surface area (TPSA) is 157 Å². The van der Waals surface area contributed by atoms with Gasteiger partial charge >= 0.3 is 12.1 Å². The Morgan fingerprint density at radius 1 is 1.36 bits per heavy atom. The van der Waals surface area contributed by atoms with E-state index in [1.54, 1.807) is 11.5 Å². The summed E-state index contributed by atoms with van der Waals surface area (Å²) in [6, 6.07) is 0.501. The van der Waals surface area contributed by atoms with E-state index in [1.165, 1.54) is 13.1 Å². The molecule has 2 atom stereocenters. The molecule has 0 spiro atoms. The fourth-order valence-electron chi connectivity index (χ4n) is 4.25. The molecule has 0 saturated carbocycles. The van der Waals surface area contributed by atoms with Crippen molar-refractivity contribution in [3.63, 3.8) is 0 Å². The quantitative estimate of drug-likeness (QED) is 0.197. The number of piperazine rings is 1. The van der Waals surface area contributed by atoms with Crippen LogP contribution in [0.1, 0.15) is 30.2 Å². The first-order valence-corrected chi connectivity index (χ1v) is 11.4. The number of benzene rings is 1. The lowest BCUT2D eigenvalue weighted by Gasteiger charge is -2.35. The Labute approximate surface area is 204 Å². The first kappa shape index (κ1) is 25.1. The van der Waals surface area contributed by atoms with Crippen molar-refractivity contribution < 1.29 is 32.9 Å². The van der Waals surface area contributed by atoms with Gasteiger partial charge in [0.15, 0.2) is 11.6 Å². The third-order valence-electron chi connectivity index (χ3n) is 5.82. The van der Waals surface area contributed by atoms with Gasteiger partial charge in [-0.25, -0.2) is 14.0 Å². The second-order valence-electron chi connectivity index (χ2n) is 8.10. The Hall–Kier alpha value is -4.03. The molecule has 3 heterocycles. The van der Waals surface area contributed by atoms with Gasteiger partial charge in [-0.15, -0.1) is 0 Å². The molecule has 0 amide bonds. The van der Waals surface area contributed by atoms with E-state index in [9.17, 15) is 14.4 Å². The van der Waals surface area contributed by atoms with E-state index in [0.29, 0.717) is 26.2 Å². The number of carbonyl (C=O) groups is 2. The molecule has 2 aromatic rings. The van der Waals surface area contributed by atoms with Gasteiger partial charge in [0.1, 0.15) is 17.9 Å². The fourth-order valence-corrected chi connectivity index (χ4v) is 4.25. The van der Waals surface area contributed by atoms with Gasteiger partial charge < -0.3 is 33.7 Å². The molecule has 14 heteroatoms. The molecule has 1 unspecified atom stereocenters. The highest BCUT2D eigenvalue weighted by atomic mass is 19.1. The molecule has 1 N–H and O–H groups in total. The van der Waals surface area contributed by atoms with Crippen molar-refractivity contribution in [2.45, 2.75) is 26.2 Å². The zero-order valence-corrected chi connectivity index (χ0v) is 19.7. The monoisotopic (exact) mass is 504 g/mol. The molecule has 1 fully saturated rings. The number of carbonyl (C=O) groups excluding carboxylic acids is 2. The standard InChI is InChI=1S/C22H25FN6O7/c1-3-33-22(32)36-12(2)35-21(31)15-10-29-13(9-26-27-24)11-34-20-17(29)14(19(15)30)8-16(23)18(20)28-6-4-25-5-7-28/h8,10,12-13,25H,3-7,9,11H2,1-2H3/t12?,13-/m0/s1. The Kier molecular flexibility index (Phi) is 7.46. The van der Waals surface area contributed by atoms with Gasteiger partial charge in [0.2, 0.25) is 11.7 Å². The molecular weight excluding hydrogens is 479 g/mol. The Morgan fingerprint density at radius 3 is 2.81 bits per heavy atom. The summed E-state index contributed by atoms with van der Waals surface area (Å²) >= 11 is 0. The molecule has 0 radical (unpaired) electrons. The van der Waals surface area contributed by atoms with Crippen LogP contribution in [0.5, 0.6) is 5.75 Å². The molecule has 1 aromatic carbocycles. The number of azide groups is 1. The summed E-state index contributed by atoms with van der Waals surface area (Å²) in [4.78, 5) is 42.3. The van der Waals surface area contributed by atoms with Crippen molar-refractivity contribution >= 4 is 28.7 Å². The average Bonchev–Trinajstić information content (AvgIpc) is 2.85. The number of ether oxygens (including phenoxy) is 4. The predicted octanol–water partition coefficient (Wildman–Crippen LogP) is 2.47. The van der Waals surface area contributed by atoms with Crippen LogP contribution in [-0.4, -0.2) is 68.9 Å². The maximum absolute atomic E-state index is 15.4. The van der Waals surface area contributed by atoms with Crippen LogP contribution >= 0.6 is 0 Å². The van der Waals surface area contributed by atoms with E-state index in [2.05, 4.69) is 20.1 Å². The summed E-state index contributed by atoms with van der Waals surface area (Å²) in [5.74, 6) is -1.56. The predicted molar refractivity (Wildman–Crippen MR) is 125 cm³/mol. The van der Waals surface area contributed by atoms with E-state index < -0.39 is 41.3 Å². The largest absolute Gasteiger partial charge is 0.511 e. The number of nitrogens with one attached hydrogen (secondary N) is 1. The summed E-state index contributed by atoms with van der Waals surface area (Å²) < 4.78 is 37.5. The van der Waals surface area contributed by atoms with Crippen LogP contribution in [0.3, 0.4) is 0 Å². The first-order chi connectivity index (χ1) is 17.3. The van der Waals surface area contributed by atoms with Gasteiger partial charge in [-0.1, -0.05) is 5.11 Å². The molecule has 36 heavy (non-hydrogen) atoms. The number of rotatable bonds is 7. The van der Waals surface area contributed by atoms with Gasteiger partial charge in [-0.2, -0.15) is 0 Å². The molecule has 0 aliphatic carbocycles. The van der Waals surface area contributed by atoms with Crippen LogP contribution in [0.2, 0.25) is 0 Å². The van der Waals surface area contributed by atoms with Gasteiger partial charge in [0, 0.05) is 50.8 Å². The maximum Gasteiger partial charge on any atom is 0.511 e. The number of hydrogen-bond donors (Lipinski definition) is 1. The third-order valence-corrected chi connectivity index (χ3v) is 5.82. The van der Waals surface area contributed by atoms with Gasteiger partial charge in [-0.05, 0) is 18.5 Å². The van der Waals surface area contributed by atoms with Crippen molar-refractivity contribution in [2.75, 3.05) is 50.8 Å². The van der Waals surface area contributed by atoms with Crippen LogP contribution in [0, 0.1) is 5.82 Å². The summed E-state index contributed by atoms with van der Waals surface area (Å²) in [7, 11) is 0. The van der Waals surface area contributed by atoms with E-state index >= 15 is 4.39 Å². The molecular formula is C22H25FN6O7. The average molecular weight is 504 g/mol. The molecule has 4 rings (SSSR count). The number of hydrogen-bond acceptors (Lipinski definition) is 10. The highest BCUT2D eigenvalue weighted by Gasteiger charge is 2.32. The van der Waals surface area contributed by atoms with Crippen molar-refractivity contribution in [2.24, 2.45) is 5.11 Å². The molecule has 1 saturated heterocycles. The highest BCUT2D eigenvalue weighted by Crippen LogP contribution is 2.42. The third kappa shape index (κ3) is 4.86.